The minimum Gasteiger partial charge on any atom is -0.205 e. The fourth-order valence-corrected chi connectivity index (χ4v) is 9.33. The lowest BCUT2D eigenvalue weighted by molar-refractivity contribution is 0.150. The van der Waals surface area contributed by atoms with Crippen LogP contribution in [0, 0.1) is 17.8 Å². The first-order valence-corrected chi connectivity index (χ1v) is 15.5. The molecule has 175 valence electrons. The van der Waals surface area contributed by atoms with Crippen molar-refractivity contribution < 1.29 is 8.78 Å². The van der Waals surface area contributed by atoms with Crippen LogP contribution in [0.4, 0.5) is 8.78 Å². The number of halogens is 3. The molecule has 2 aliphatic rings. The van der Waals surface area contributed by atoms with E-state index < -0.39 is 6.43 Å². The number of unbranched alkanes of at least 4 members (excludes halogenated alkanes) is 3. The molecule has 3 rings (SSSR count). The monoisotopic (exact) mass is 467 g/mol. The maximum atomic E-state index is 13.2. The molecule has 1 saturated carbocycles. The van der Waals surface area contributed by atoms with Gasteiger partial charge in [0.2, 0.25) is 0 Å². The van der Waals surface area contributed by atoms with Crippen molar-refractivity contribution in [1.82, 2.24) is 0 Å². The Morgan fingerprint density at radius 2 is 1.65 bits per heavy atom. The van der Waals surface area contributed by atoms with E-state index in [0.29, 0.717) is 5.02 Å². The first-order chi connectivity index (χ1) is 15.1. The van der Waals surface area contributed by atoms with Gasteiger partial charge in [-0.2, -0.15) is 0 Å². The Bertz CT molecular complexity index is 634. The van der Waals surface area contributed by atoms with Crippen LogP contribution in [0.2, 0.25) is 23.2 Å². The zero-order valence-electron chi connectivity index (χ0n) is 19.5. The van der Waals surface area contributed by atoms with E-state index in [1.807, 2.05) is 0 Å². The van der Waals surface area contributed by atoms with Crippen molar-refractivity contribution in [2.24, 2.45) is 17.8 Å². The quantitative estimate of drug-likeness (QED) is 0.224. The minimum atomic E-state index is -2.43. The lowest BCUT2D eigenvalue weighted by atomic mass is 9.73. The second-order valence-electron chi connectivity index (χ2n) is 10.2. The Labute approximate surface area is 196 Å². The second kappa shape index (κ2) is 13.3. The highest BCUT2D eigenvalue weighted by Gasteiger charge is 2.31. The zero-order chi connectivity index (χ0) is 22.1. The molecule has 0 spiro atoms. The molecule has 0 nitrogen and oxygen atoms in total. The molecule has 1 aromatic carbocycles. The third-order valence-corrected chi connectivity index (χ3v) is 11.4. The molecule has 4 heteroatoms. The summed E-state index contributed by atoms with van der Waals surface area (Å²) >= 11 is 5.89. The average Bonchev–Trinajstić information content (AvgIpc) is 2.78. The molecule has 0 N–H and O–H groups in total. The molecule has 0 atom stereocenters. The molecular weight excluding hydrogens is 426 g/mol. The van der Waals surface area contributed by atoms with Crippen molar-refractivity contribution in [3.05, 3.63) is 34.3 Å². The minimum absolute atomic E-state index is 0.00386. The Kier molecular flexibility index (Phi) is 10.8. The lowest BCUT2D eigenvalue weighted by Crippen LogP contribution is -2.28. The predicted molar refractivity (Wildman–Crippen MR) is 132 cm³/mol. The molecule has 0 bridgehead atoms. The van der Waals surface area contributed by atoms with Crippen LogP contribution in [0.5, 0.6) is 0 Å². The summed E-state index contributed by atoms with van der Waals surface area (Å²) in [6.45, 7) is 2.31. The normalized spacial score (nSPS) is 23.5. The number of benzene rings is 1. The van der Waals surface area contributed by atoms with Gasteiger partial charge in [0.25, 0.3) is 6.43 Å². The fourth-order valence-electron chi connectivity index (χ4n) is 6.09. The second-order valence-corrected chi connectivity index (χ2v) is 13.7. The summed E-state index contributed by atoms with van der Waals surface area (Å²) < 4.78 is 26.5. The number of hydrogen-bond donors (Lipinski definition) is 0. The van der Waals surface area contributed by atoms with Crippen LogP contribution in [0.3, 0.4) is 0 Å². The molecule has 1 saturated heterocycles. The van der Waals surface area contributed by atoms with Crippen molar-refractivity contribution >= 4 is 20.4 Å². The van der Waals surface area contributed by atoms with E-state index in [-0.39, 0.29) is 14.4 Å². The van der Waals surface area contributed by atoms with E-state index in [1.165, 1.54) is 70.3 Å². The van der Waals surface area contributed by atoms with Crippen LogP contribution in [0.15, 0.2) is 18.2 Å². The van der Waals surface area contributed by atoms with Gasteiger partial charge in [0.1, 0.15) is 0 Å². The molecule has 0 amide bonds. The number of hydrogen-bond acceptors (Lipinski definition) is 0. The predicted octanol–water partition coefficient (Wildman–Crippen LogP) is 9.89. The van der Waals surface area contributed by atoms with Crippen molar-refractivity contribution in [1.29, 1.82) is 0 Å². The summed E-state index contributed by atoms with van der Waals surface area (Å²) in [5.41, 5.74) is 0.895. The Balaban J connectivity index is 1.30. The van der Waals surface area contributed by atoms with E-state index in [2.05, 4.69) is 6.92 Å². The molecule has 0 aromatic heterocycles. The van der Waals surface area contributed by atoms with Crippen LogP contribution >= 0.6 is 11.6 Å². The third-order valence-electron chi connectivity index (χ3n) is 8.08. The van der Waals surface area contributed by atoms with E-state index in [9.17, 15) is 8.78 Å². The van der Waals surface area contributed by atoms with E-state index in [4.69, 9.17) is 11.6 Å². The van der Waals surface area contributed by atoms with Gasteiger partial charge in [-0.1, -0.05) is 101 Å². The summed E-state index contributed by atoms with van der Waals surface area (Å²) in [4.78, 5) is 0. The van der Waals surface area contributed by atoms with Gasteiger partial charge < -0.3 is 0 Å². The van der Waals surface area contributed by atoms with E-state index in [0.717, 1.165) is 42.6 Å². The number of aryl methyl sites for hydroxylation is 1. The van der Waals surface area contributed by atoms with Crippen LogP contribution in [-0.4, -0.2) is 8.80 Å². The Morgan fingerprint density at radius 1 is 0.935 bits per heavy atom. The average molecular weight is 468 g/mol. The Hall–Kier alpha value is -0.413. The van der Waals surface area contributed by atoms with Gasteiger partial charge in [0, 0.05) is 19.4 Å². The lowest BCUT2D eigenvalue weighted by Gasteiger charge is -2.37. The summed E-state index contributed by atoms with van der Waals surface area (Å²) in [7, 11) is -0.00386. The summed E-state index contributed by atoms with van der Waals surface area (Å²) in [6, 6.07) is 9.71. The van der Waals surface area contributed by atoms with Gasteiger partial charge in [0.05, 0.1) is 0 Å². The van der Waals surface area contributed by atoms with E-state index in [1.54, 1.807) is 30.3 Å². The molecule has 2 fully saturated rings. The van der Waals surface area contributed by atoms with Gasteiger partial charge in [-0.3, -0.25) is 0 Å². The molecule has 1 radical (unpaired) electrons. The highest BCUT2D eigenvalue weighted by molar-refractivity contribution is 6.58. The topological polar surface area (TPSA) is 0 Å². The van der Waals surface area contributed by atoms with Crippen LogP contribution in [0.25, 0.3) is 0 Å². The van der Waals surface area contributed by atoms with Gasteiger partial charge >= 0.3 is 0 Å². The van der Waals surface area contributed by atoms with Crippen LogP contribution in [-0.2, 0) is 6.42 Å². The Morgan fingerprint density at radius 3 is 2.32 bits per heavy atom. The first kappa shape index (κ1) is 25.2. The summed E-state index contributed by atoms with van der Waals surface area (Å²) in [6.07, 6.45) is 14.8. The highest BCUT2D eigenvalue weighted by atomic mass is 35.5. The van der Waals surface area contributed by atoms with Gasteiger partial charge in [-0.25, -0.2) is 8.78 Å². The van der Waals surface area contributed by atoms with Gasteiger partial charge in [0.15, 0.2) is 0 Å². The molecule has 1 aliphatic heterocycles. The van der Waals surface area contributed by atoms with Crippen molar-refractivity contribution in [3.8, 4) is 0 Å². The highest BCUT2D eigenvalue weighted by Crippen LogP contribution is 2.42. The van der Waals surface area contributed by atoms with Crippen LogP contribution < -0.4 is 0 Å². The molecule has 1 aliphatic carbocycles. The molecule has 0 unspecified atom stereocenters. The van der Waals surface area contributed by atoms with Gasteiger partial charge in [-0.15, -0.1) is 0 Å². The number of alkyl halides is 2. The standard InChI is InChI=1S/C27H42ClF2Si/c1-2-3-6-17-31-18-15-23(16-19-31)22-11-9-21(10-12-22)7-4-5-8-24-13-14-25(28)20-26(24)27(29)30/h13-14,20-23,27H,2-12,15-19H2,1H3. The maximum absolute atomic E-state index is 13.2. The van der Waals surface area contributed by atoms with Crippen molar-refractivity contribution in [2.45, 2.75) is 115 Å². The SMILES string of the molecule is CCCCC[Si]1CCC(C2CCC(CCCCc3ccc(Cl)cc3C(F)F)CC2)CC1. The van der Waals surface area contributed by atoms with Crippen molar-refractivity contribution in [2.75, 3.05) is 0 Å². The smallest absolute Gasteiger partial charge is 0.205 e. The third kappa shape index (κ3) is 8.14. The first-order valence-electron chi connectivity index (χ1n) is 13.0. The van der Waals surface area contributed by atoms with Crippen molar-refractivity contribution in [3.63, 3.8) is 0 Å². The van der Waals surface area contributed by atoms with Gasteiger partial charge in [-0.05, 0) is 61.1 Å². The van der Waals surface area contributed by atoms with E-state index >= 15 is 0 Å². The zero-order valence-corrected chi connectivity index (χ0v) is 21.2. The summed E-state index contributed by atoms with van der Waals surface area (Å²) in [5, 5.41) is 0.405. The molecule has 31 heavy (non-hydrogen) atoms. The largest absolute Gasteiger partial charge is 0.264 e. The van der Waals surface area contributed by atoms with Crippen LogP contribution in [0.1, 0.15) is 102 Å². The maximum Gasteiger partial charge on any atom is 0.264 e. The summed E-state index contributed by atoms with van der Waals surface area (Å²) in [5.74, 6) is 2.89. The fraction of sp³-hybridized carbons (Fsp3) is 0.778. The number of rotatable bonds is 11. The molecular formula is C27H42ClF2Si. The molecule has 1 heterocycles. The molecule has 1 aromatic rings.